The molecule has 12 rings (SSSR count). The Bertz CT molecular complexity index is 2930. The molecule has 55 heavy (non-hydrogen) atoms. The number of hydrogen-bond acceptors (Lipinski definition) is 1. The van der Waals surface area contributed by atoms with E-state index in [1.54, 1.807) is 0 Å². The van der Waals surface area contributed by atoms with E-state index in [-0.39, 0.29) is 0 Å². The summed E-state index contributed by atoms with van der Waals surface area (Å²) >= 11 is 0. The van der Waals surface area contributed by atoms with Crippen LogP contribution >= 0.6 is 0 Å². The SMILES string of the molecule is c1ccc(C2(c3ccccc3)c3cc(-c4ccc5c(c4)C4(c6ccccc6O5)c5ccccc5-c5ccccc54)ccc3-c3c2ccc2ccccc32)cc1. The summed E-state index contributed by atoms with van der Waals surface area (Å²) in [7, 11) is 0. The van der Waals surface area contributed by atoms with Gasteiger partial charge in [-0.3, -0.25) is 0 Å². The third-order valence-corrected chi connectivity index (χ3v) is 12.6. The summed E-state index contributed by atoms with van der Waals surface area (Å²) in [4.78, 5) is 0. The van der Waals surface area contributed by atoms with Gasteiger partial charge in [-0.05, 0) is 102 Å². The van der Waals surface area contributed by atoms with Gasteiger partial charge in [0.1, 0.15) is 11.5 Å². The molecule has 256 valence electrons. The number of rotatable bonds is 3. The van der Waals surface area contributed by atoms with Gasteiger partial charge in [-0.2, -0.15) is 0 Å². The van der Waals surface area contributed by atoms with E-state index in [4.69, 9.17) is 4.74 Å². The Morgan fingerprint density at radius 2 is 0.855 bits per heavy atom. The fourth-order valence-electron chi connectivity index (χ4n) is 10.5. The second-order valence-electron chi connectivity index (χ2n) is 15.1. The average Bonchev–Trinajstić information content (AvgIpc) is 3.73. The predicted molar refractivity (Wildman–Crippen MR) is 224 cm³/mol. The van der Waals surface area contributed by atoms with Crippen LogP contribution < -0.4 is 4.74 Å². The third-order valence-electron chi connectivity index (χ3n) is 12.6. The van der Waals surface area contributed by atoms with Crippen LogP contribution in [0.2, 0.25) is 0 Å². The van der Waals surface area contributed by atoms with Gasteiger partial charge in [-0.25, -0.2) is 0 Å². The minimum absolute atomic E-state index is 0.506. The van der Waals surface area contributed by atoms with Crippen LogP contribution in [0.25, 0.3) is 44.2 Å². The molecular formula is C54H34O. The summed E-state index contributed by atoms with van der Waals surface area (Å²) in [6.07, 6.45) is 0. The normalized spacial score (nSPS) is 14.6. The molecule has 0 amide bonds. The van der Waals surface area contributed by atoms with E-state index < -0.39 is 10.8 Å². The predicted octanol–water partition coefficient (Wildman–Crippen LogP) is 13.3. The lowest BCUT2D eigenvalue weighted by atomic mass is 9.65. The molecule has 0 bridgehead atoms. The Kier molecular flexibility index (Phi) is 6.25. The van der Waals surface area contributed by atoms with E-state index in [9.17, 15) is 0 Å². The second-order valence-corrected chi connectivity index (χ2v) is 15.1. The second kappa shape index (κ2) is 11.3. The molecule has 9 aromatic carbocycles. The van der Waals surface area contributed by atoms with Crippen molar-refractivity contribution in [2.24, 2.45) is 0 Å². The third kappa shape index (κ3) is 3.92. The van der Waals surface area contributed by atoms with Crippen molar-refractivity contribution >= 4 is 10.8 Å². The van der Waals surface area contributed by atoms with Crippen LogP contribution in [0.5, 0.6) is 11.5 Å². The first-order valence-corrected chi connectivity index (χ1v) is 19.2. The minimum atomic E-state index is -0.517. The molecule has 0 N–H and O–H groups in total. The molecule has 0 radical (unpaired) electrons. The van der Waals surface area contributed by atoms with Crippen LogP contribution in [-0.4, -0.2) is 0 Å². The molecule has 1 aliphatic heterocycles. The molecule has 9 aromatic rings. The van der Waals surface area contributed by atoms with E-state index in [1.165, 1.54) is 88.7 Å². The Balaban J connectivity index is 1.15. The van der Waals surface area contributed by atoms with Crippen LogP contribution in [0.1, 0.15) is 44.5 Å². The number of benzene rings is 9. The molecule has 1 spiro atoms. The highest BCUT2D eigenvalue weighted by atomic mass is 16.5. The molecule has 0 saturated heterocycles. The number of para-hydroxylation sites is 1. The highest BCUT2D eigenvalue weighted by Gasteiger charge is 2.51. The lowest BCUT2D eigenvalue weighted by Crippen LogP contribution is -2.32. The van der Waals surface area contributed by atoms with Gasteiger partial charge < -0.3 is 4.74 Å². The van der Waals surface area contributed by atoms with Crippen LogP contribution in [0.3, 0.4) is 0 Å². The first kappa shape index (κ1) is 30.5. The first-order chi connectivity index (χ1) is 27.3. The largest absolute Gasteiger partial charge is 0.457 e. The molecule has 1 heteroatoms. The Morgan fingerprint density at radius 1 is 0.309 bits per heavy atom. The number of fused-ring (bicyclic) bond motifs is 14. The molecule has 0 saturated carbocycles. The molecular weight excluding hydrogens is 665 g/mol. The van der Waals surface area contributed by atoms with Gasteiger partial charge >= 0.3 is 0 Å². The highest BCUT2D eigenvalue weighted by molar-refractivity contribution is 6.04. The van der Waals surface area contributed by atoms with Crippen molar-refractivity contribution in [3.63, 3.8) is 0 Å². The van der Waals surface area contributed by atoms with Gasteiger partial charge in [0, 0.05) is 11.1 Å². The quantitative estimate of drug-likeness (QED) is 0.178. The van der Waals surface area contributed by atoms with Crippen molar-refractivity contribution in [2.45, 2.75) is 10.8 Å². The fraction of sp³-hybridized carbons (Fsp3) is 0.0370. The van der Waals surface area contributed by atoms with Crippen LogP contribution in [0.4, 0.5) is 0 Å². The van der Waals surface area contributed by atoms with E-state index >= 15 is 0 Å². The topological polar surface area (TPSA) is 9.23 Å². The molecule has 1 nitrogen and oxygen atoms in total. The Morgan fingerprint density at radius 3 is 1.56 bits per heavy atom. The zero-order valence-corrected chi connectivity index (χ0v) is 30.0. The maximum absolute atomic E-state index is 6.79. The molecule has 0 aromatic heterocycles. The van der Waals surface area contributed by atoms with Crippen LogP contribution in [-0.2, 0) is 10.8 Å². The van der Waals surface area contributed by atoms with Gasteiger partial charge in [-0.15, -0.1) is 0 Å². The molecule has 0 unspecified atom stereocenters. The summed E-state index contributed by atoms with van der Waals surface area (Å²) in [5.41, 5.74) is 16.6. The summed E-state index contributed by atoms with van der Waals surface area (Å²) in [5, 5.41) is 2.54. The van der Waals surface area contributed by atoms with Gasteiger partial charge in [0.2, 0.25) is 0 Å². The van der Waals surface area contributed by atoms with Gasteiger partial charge in [0.05, 0.1) is 10.8 Å². The molecule has 0 atom stereocenters. The maximum atomic E-state index is 6.79. The van der Waals surface area contributed by atoms with Crippen molar-refractivity contribution in [3.05, 3.63) is 251 Å². The van der Waals surface area contributed by atoms with Gasteiger partial charge in [-0.1, -0.05) is 182 Å². The van der Waals surface area contributed by atoms with E-state index in [0.29, 0.717) is 0 Å². The van der Waals surface area contributed by atoms with Gasteiger partial charge in [0.15, 0.2) is 0 Å². The van der Waals surface area contributed by atoms with Crippen molar-refractivity contribution in [1.29, 1.82) is 0 Å². The highest BCUT2D eigenvalue weighted by Crippen LogP contribution is 2.63. The minimum Gasteiger partial charge on any atom is -0.457 e. The van der Waals surface area contributed by atoms with Crippen molar-refractivity contribution in [3.8, 4) is 44.9 Å². The van der Waals surface area contributed by atoms with E-state index in [2.05, 4.69) is 206 Å². The standard InChI is InChI=1S/C54H34O/c1-3-16-38(17-4-1)53(39-18-5-2-6-19-39)47-31-28-35-15-7-8-20-40(35)52(47)43-30-27-36(33-48(43)53)37-29-32-51-49(34-37)54(46-25-13-14-26-50(46)55-51)44-23-11-9-21-41(44)42-22-10-12-24-45(42)54/h1-34H. The van der Waals surface area contributed by atoms with E-state index in [1.807, 2.05) is 0 Å². The Labute approximate surface area is 320 Å². The maximum Gasteiger partial charge on any atom is 0.132 e. The summed E-state index contributed by atoms with van der Waals surface area (Å²) in [6, 6.07) is 76.2. The lowest BCUT2D eigenvalue weighted by molar-refractivity contribution is 0.436. The molecule has 1 heterocycles. The number of ether oxygens (including phenoxy) is 1. The summed E-state index contributed by atoms with van der Waals surface area (Å²) < 4.78 is 6.79. The number of hydrogen-bond donors (Lipinski definition) is 0. The van der Waals surface area contributed by atoms with Crippen LogP contribution in [0.15, 0.2) is 206 Å². The van der Waals surface area contributed by atoms with Crippen molar-refractivity contribution in [2.75, 3.05) is 0 Å². The molecule has 0 fully saturated rings. The fourth-order valence-corrected chi connectivity index (χ4v) is 10.5. The first-order valence-electron chi connectivity index (χ1n) is 19.2. The Hall–Kier alpha value is -6.96. The summed E-state index contributed by atoms with van der Waals surface area (Å²) in [6.45, 7) is 0. The smallest absolute Gasteiger partial charge is 0.132 e. The monoisotopic (exact) mass is 698 g/mol. The zero-order chi connectivity index (χ0) is 36.1. The van der Waals surface area contributed by atoms with Gasteiger partial charge in [0.25, 0.3) is 0 Å². The van der Waals surface area contributed by atoms with Crippen molar-refractivity contribution < 1.29 is 4.74 Å². The molecule has 2 aliphatic carbocycles. The van der Waals surface area contributed by atoms with Crippen molar-refractivity contribution in [1.82, 2.24) is 0 Å². The average molecular weight is 699 g/mol. The van der Waals surface area contributed by atoms with Crippen LogP contribution in [0, 0.1) is 0 Å². The zero-order valence-electron chi connectivity index (χ0n) is 30.0. The summed E-state index contributed by atoms with van der Waals surface area (Å²) in [5.74, 6) is 1.81. The molecule has 3 aliphatic rings. The lowest BCUT2D eigenvalue weighted by Gasteiger charge is -2.39. The van der Waals surface area contributed by atoms with E-state index in [0.717, 1.165) is 11.5 Å².